The normalized spacial score (nSPS) is 14.6. The number of anilines is 1. The summed E-state index contributed by atoms with van der Waals surface area (Å²) < 4.78 is 5.75. The molecule has 0 saturated carbocycles. The molecule has 2 heterocycles. The van der Waals surface area contributed by atoms with Crippen LogP contribution in [0.3, 0.4) is 0 Å². The Balaban J connectivity index is 0.000000332. The number of nitrogens with zero attached hydrogens (tertiary/aromatic N) is 2. The Morgan fingerprint density at radius 3 is 2.16 bits per heavy atom. The van der Waals surface area contributed by atoms with Crippen molar-refractivity contribution < 1.29 is 49.1 Å². The number of pyridine rings is 1. The largest absolute Gasteiger partial charge is 0.492 e. The molecule has 1 saturated heterocycles. The highest BCUT2D eigenvalue weighted by atomic mass is 32.2. The fourth-order valence-electron chi connectivity index (χ4n) is 3.17. The first-order valence-electron chi connectivity index (χ1n) is 11.1. The molecule has 0 bridgehead atoms. The molecular weight excluding hydrogens is 522 g/mol. The van der Waals surface area contributed by atoms with E-state index in [-0.39, 0.29) is 16.4 Å². The predicted molar refractivity (Wildman–Crippen MR) is 135 cm³/mol. The second-order valence-corrected chi connectivity index (χ2v) is 9.34. The molecule has 0 aliphatic carbocycles. The lowest BCUT2D eigenvalue weighted by atomic mass is 9.96. The number of aliphatic carboxylic acids is 3. The quantitative estimate of drug-likeness (QED) is 0.253. The first kappa shape index (κ1) is 30.1. The smallest absolute Gasteiger partial charge is 0.336 e. The van der Waals surface area contributed by atoms with Crippen LogP contribution in [-0.2, 0) is 25.6 Å². The number of rotatable bonds is 12. The SMILES string of the molecule is CN(CCOc1ccc(CC2SC(=O)NC2=O)cc1)c1ccccn1.O=C(O)CC(O)(CC(=O)O)C(=O)O. The summed E-state index contributed by atoms with van der Waals surface area (Å²) >= 11 is 1.05. The lowest BCUT2D eigenvalue weighted by Gasteiger charge is -2.18. The number of hydrogen-bond acceptors (Lipinski definition) is 10. The maximum atomic E-state index is 11.6. The topological polar surface area (TPSA) is 204 Å². The van der Waals surface area contributed by atoms with Gasteiger partial charge in [0.1, 0.15) is 18.2 Å². The van der Waals surface area contributed by atoms with E-state index in [0.29, 0.717) is 13.0 Å². The number of aromatic nitrogens is 1. The van der Waals surface area contributed by atoms with Gasteiger partial charge in [0.15, 0.2) is 5.60 Å². The summed E-state index contributed by atoms with van der Waals surface area (Å²) in [7, 11) is 1.97. The minimum absolute atomic E-state index is 0.215. The number of carboxylic acid groups (broad SMARTS) is 3. The van der Waals surface area contributed by atoms with Gasteiger partial charge in [-0.3, -0.25) is 24.5 Å². The second-order valence-electron chi connectivity index (χ2n) is 8.17. The summed E-state index contributed by atoms with van der Waals surface area (Å²) in [5.74, 6) is -3.55. The van der Waals surface area contributed by atoms with Crippen molar-refractivity contribution in [2.24, 2.45) is 0 Å². The summed E-state index contributed by atoms with van der Waals surface area (Å²) in [6, 6.07) is 13.4. The van der Waals surface area contributed by atoms with Gasteiger partial charge < -0.3 is 30.1 Å². The Morgan fingerprint density at radius 2 is 1.68 bits per heavy atom. The van der Waals surface area contributed by atoms with Gasteiger partial charge in [0.2, 0.25) is 5.91 Å². The van der Waals surface area contributed by atoms with E-state index in [1.165, 1.54) is 0 Å². The number of carboxylic acids is 3. The Hall–Kier alpha value is -4.17. The Labute approximate surface area is 221 Å². The lowest BCUT2D eigenvalue weighted by Crippen LogP contribution is -2.42. The van der Waals surface area contributed by atoms with E-state index in [1.807, 2.05) is 54.4 Å². The number of amides is 2. The van der Waals surface area contributed by atoms with E-state index >= 15 is 0 Å². The van der Waals surface area contributed by atoms with Crippen LogP contribution in [0, 0.1) is 0 Å². The monoisotopic (exact) mass is 549 g/mol. The summed E-state index contributed by atoms with van der Waals surface area (Å²) in [5, 5.41) is 35.5. The maximum Gasteiger partial charge on any atom is 0.336 e. The third kappa shape index (κ3) is 9.71. The third-order valence-electron chi connectivity index (χ3n) is 5.13. The third-order valence-corrected chi connectivity index (χ3v) is 6.11. The summed E-state index contributed by atoms with van der Waals surface area (Å²) in [4.78, 5) is 59.6. The molecule has 1 aromatic heterocycles. The van der Waals surface area contributed by atoms with Crippen molar-refractivity contribution in [3.63, 3.8) is 0 Å². The predicted octanol–water partition coefficient (Wildman–Crippen LogP) is 1.24. The molecule has 0 spiro atoms. The number of imide groups is 1. The molecule has 1 aromatic carbocycles. The van der Waals surface area contributed by atoms with Crippen LogP contribution < -0.4 is 15.0 Å². The first-order chi connectivity index (χ1) is 17.9. The Bertz CT molecular complexity index is 1130. The van der Waals surface area contributed by atoms with Gasteiger partial charge >= 0.3 is 17.9 Å². The zero-order chi connectivity index (χ0) is 28.3. The number of carbonyl (C=O) groups excluding carboxylic acids is 2. The van der Waals surface area contributed by atoms with Crippen molar-refractivity contribution in [2.75, 3.05) is 25.1 Å². The molecular formula is C24H27N3O10S. The number of hydrogen-bond donors (Lipinski definition) is 5. The van der Waals surface area contributed by atoms with Crippen LogP contribution in [0.1, 0.15) is 18.4 Å². The maximum absolute atomic E-state index is 11.6. The second kappa shape index (κ2) is 13.9. The summed E-state index contributed by atoms with van der Waals surface area (Å²) in [5.41, 5.74) is -1.74. The molecule has 0 radical (unpaired) electrons. The molecule has 14 heteroatoms. The van der Waals surface area contributed by atoms with E-state index in [4.69, 9.17) is 25.2 Å². The van der Waals surface area contributed by atoms with Crippen LogP contribution in [0.4, 0.5) is 10.6 Å². The minimum atomic E-state index is -2.74. The molecule has 13 nitrogen and oxygen atoms in total. The van der Waals surface area contributed by atoms with Crippen molar-refractivity contribution in [1.29, 1.82) is 0 Å². The van der Waals surface area contributed by atoms with Gasteiger partial charge in [-0.2, -0.15) is 0 Å². The number of nitrogens with one attached hydrogen (secondary N) is 1. The number of aliphatic hydroxyl groups is 1. The van der Waals surface area contributed by atoms with Crippen molar-refractivity contribution in [3.05, 3.63) is 54.2 Å². The molecule has 1 fully saturated rings. The molecule has 1 aliphatic rings. The van der Waals surface area contributed by atoms with Crippen LogP contribution in [-0.4, -0.2) is 85.5 Å². The van der Waals surface area contributed by atoms with Gasteiger partial charge in [-0.1, -0.05) is 30.0 Å². The summed E-state index contributed by atoms with van der Waals surface area (Å²) in [6.07, 6.45) is 0.01000. The fraction of sp³-hybridized carbons (Fsp3) is 0.333. The molecule has 2 aromatic rings. The molecule has 38 heavy (non-hydrogen) atoms. The van der Waals surface area contributed by atoms with Crippen LogP contribution in [0.2, 0.25) is 0 Å². The van der Waals surface area contributed by atoms with Gasteiger partial charge in [-0.25, -0.2) is 9.78 Å². The molecule has 2 amide bonds. The average Bonchev–Trinajstić information content (AvgIpc) is 3.16. The van der Waals surface area contributed by atoms with Gasteiger partial charge in [0.25, 0.3) is 5.24 Å². The summed E-state index contributed by atoms with van der Waals surface area (Å²) in [6.45, 7) is 1.27. The number of benzene rings is 1. The van der Waals surface area contributed by atoms with Crippen molar-refractivity contribution >= 4 is 46.6 Å². The van der Waals surface area contributed by atoms with E-state index in [1.54, 1.807) is 6.20 Å². The van der Waals surface area contributed by atoms with E-state index < -0.39 is 36.4 Å². The molecule has 5 N–H and O–H groups in total. The van der Waals surface area contributed by atoms with E-state index in [2.05, 4.69) is 10.3 Å². The number of thioether (sulfide) groups is 1. The van der Waals surface area contributed by atoms with Gasteiger partial charge in [0, 0.05) is 13.2 Å². The van der Waals surface area contributed by atoms with Gasteiger partial charge in [-0.15, -0.1) is 0 Å². The lowest BCUT2D eigenvalue weighted by molar-refractivity contribution is -0.170. The number of carbonyl (C=O) groups is 5. The average molecular weight is 550 g/mol. The van der Waals surface area contributed by atoms with Crippen molar-refractivity contribution in [2.45, 2.75) is 30.1 Å². The Morgan fingerprint density at radius 1 is 1.05 bits per heavy atom. The number of likely N-dealkylation sites (N-methyl/N-ethyl adjacent to an activating group) is 1. The van der Waals surface area contributed by atoms with E-state index in [9.17, 15) is 24.0 Å². The van der Waals surface area contributed by atoms with Crippen LogP contribution >= 0.6 is 11.8 Å². The molecule has 1 unspecified atom stereocenters. The van der Waals surface area contributed by atoms with Crippen LogP contribution in [0.25, 0.3) is 0 Å². The molecule has 1 aliphatic heterocycles. The highest BCUT2D eigenvalue weighted by Crippen LogP contribution is 2.24. The first-order valence-corrected chi connectivity index (χ1v) is 12.0. The minimum Gasteiger partial charge on any atom is -0.492 e. The number of ether oxygens (including phenoxy) is 1. The zero-order valence-electron chi connectivity index (χ0n) is 20.3. The molecule has 3 rings (SSSR count). The molecule has 1 atom stereocenters. The standard InChI is InChI=1S/C18H19N3O3S.C6H8O7/c1-21(16-4-2-3-9-19-16)10-11-24-14-7-5-13(6-8-14)12-15-17(22)20-18(23)25-15;7-3(8)1-6(13,5(11)12)2-4(9)10/h2-9,15H,10-12H2,1H3,(H,20,22,23);13H,1-2H2,(H,7,8)(H,9,10)(H,11,12). The van der Waals surface area contributed by atoms with Gasteiger partial charge in [-0.05, 0) is 36.2 Å². The van der Waals surface area contributed by atoms with E-state index in [0.717, 1.165) is 35.4 Å². The highest BCUT2D eigenvalue weighted by Gasteiger charge is 2.40. The Kier molecular flexibility index (Phi) is 11.0. The fourth-order valence-corrected chi connectivity index (χ4v) is 4.03. The van der Waals surface area contributed by atoms with Crippen molar-refractivity contribution in [1.82, 2.24) is 10.3 Å². The van der Waals surface area contributed by atoms with Crippen LogP contribution in [0.5, 0.6) is 5.75 Å². The van der Waals surface area contributed by atoms with Crippen molar-refractivity contribution in [3.8, 4) is 5.75 Å². The van der Waals surface area contributed by atoms with Gasteiger partial charge in [0.05, 0.1) is 24.6 Å². The molecule has 204 valence electrons. The van der Waals surface area contributed by atoms with Crippen LogP contribution in [0.15, 0.2) is 48.7 Å². The zero-order valence-corrected chi connectivity index (χ0v) is 21.1. The highest BCUT2D eigenvalue weighted by molar-refractivity contribution is 8.15.